The van der Waals surface area contributed by atoms with E-state index in [1.165, 1.54) is 5.57 Å². The normalized spacial score (nSPS) is 13.2. The molecule has 0 aromatic carbocycles. The van der Waals surface area contributed by atoms with Crippen LogP contribution in [0.3, 0.4) is 0 Å². The molecule has 0 saturated carbocycles. The number of hydrogen-bond donors (Lipinski definition) is 0. The predicted octanol–water partition coefficient (Wildman–Crippen LogP) is 5.46. The van der Waals surface area contributed by atoms with Crippen molar-refractivity contribution in [3.05, 3.63) is 36.1 Å². The molecule has 0 radical (unpaired) electrons. The molecule has 0 N–H and O–H groups in total. The highest BCUT2D eigenvalue weighted by Crippen LogP contribution is 2.06. The van der Waals surface area contributed by atoms with Crippen molar-refractivity contribution in [3.8, 4) is 0 Å². The van der Waals surface area contributed by atoms with Crippen LogP contribution in [0, 0.1) is 0 Å². The lowest BCUT2D eigenvalue weighted by Crippen LogP contribution is -2.05. The fourth-order valence-electron chi connectivity index (χ4n) is 1.56. The van der Waals surface area contributed by atoms with E-state index in [1.54, 1.807) is 6.20 Å². The van der Waals surface area contributed by atoms with Crippen molar-refractivity contribution in [2.45, 2.75) is 60.3 Å². The first-order valence-electron chi connectivity index (χ1n) is 7.83. The Bertz CT molecular complexity index is 411. The standard InChI is InChI=1S/C18H30N2O/c1-6-9-12-17(8-3)13-10-11-15-21-18(19-14-7-2)20-16(4)5/h7,9,12-14H,6,8,10-11,15H2,1-5H3/b12-9?,14-7-,17-13?,19-18?. The van der Waals surface area contributed by atoms with Gasteiger partial charge in [-0.2, -0.15) is 0 Å². The van der Waals surface area contributed by atoms with E-state index in [4.69, 9.17) is 4.74 Å². The van der Waals surface area contributed by atoms with Crippen LogP contribution in [0.2, 0.25) is 0 Å². The summed E-state index contributed by atoms with van der Waals surface area (Å²) in [5, 5.41) is 0. The molecule has 0 bridgehead atoms. The average molecular weight is 290 g/mol. The minimum Gasteiger partial charge on any atom is -0.463 e. The van der Waals surface area contributed by atoms with Crippen molar-refractivity contribution in [1.82, 2.24) is 0 Å². The lowest BCUT2D eigenvalue weighted by molar-refractivity contribution is 0.295. The van der Waals surface area contributed by atoms with Crippen LogP contribution in [-0.2, 0) is 4.74 Å². The first-order chi connectivity index (χ1) is 10.1. The molecule has 0 aromatic heterocycles. The van der Waals surface area contributed by atoms with Crippen LogP contribution < -0.4 is 0 Å². The van der Waals surface area contributed by atoms with E-state index >= 15 is 0 Å². The third-order valence-electron chi connectivity index (χ3n) is 2.62. The first-order valence-corrected chi connectivity index (χ1v) is 7.83. The van der Waals surface area contributed by atoms with Crippen molar-refractivity contribution in [3.63, 3.8) is 0 Å². The summed E-state index contributed by atoms with van der Waals surface area (Å²) in [5.74, 6) is 0. The molecule has 0 unspecified atom stereocenters. The predicted molar refractivity (Wildman–Crippen MR) is 94.0 cm³/mol. The molecule has 3 heteroatoms. The molecule has 118 valence electrons. The summed E-state index contributed by atoms with van der Waals surface area (Å²) in [7, 11) is 0. The number of rotatable bonds is 8. The van der Waals surface area contributed by atoms with Crippen molar-refractivity contribution in [2.24, 2.45) is 9.98 Å². The van der Waals surface area contributed by atoms with Crippen LogP contribution in [0.1, 0.15) is 60.3 Å². The second-order valence-electron chi connectivity index (χ2n) is 4.89. The van der Waals surface area contributed by atoms with Gasteiger partial charge in [0.25, 0.3) is 0 Å². The number of unbranched alkanes of at least 4 members (excludes halogenated alkanes) is 1. The maximum atomic E-state index is 5.62. The summed E-state index contributed by atoms with van der Waals surface area (Å²) in [5.41, 5.74) is 2.33. The van der Waals surface area contributed by atoms with Gasteiger partial charge < -0.3 is 4.74 Å². The van der Waals surface area contributed by atoms with Gasteiger partial charge in [0.2, 0.25) is 0 Å². The van der Waals surface area contributed by atoms with Gasteiger partial charge in [-0.05, 0) is 46.5 Å². The Balaban J connectivity index is 4.24. The van der Waals surface area contributed by atoms with E-state index in [2.05, 4.69) is 42.1 Å². The van der Waals surface area contributed by atoms with E-state index in [9.17, 15) is 0 Å². The molecule has 0 aliphatic heterocycles. The molecule has 3 nitrogen and oxygen atoms in total. The number of allylic oxidation sites excluding steroid dienone is 5. The maximum Gasteiger partial charge on any atom is 0.316 e. The van der Waals surface area contributed by atoms with Crippen molar-refractivity contribution in [1.29, 1.82) is 0 Å². The minimum absolute atomic E-state index is 0.443. The van der Waals surface area contributed by atoms with Crippen molar-refractivity contribution < 1.29 is 4.74 Å². The second-order valence-corrected chi connectivity index (χ2v) is 4.89. The van der Waals surface area contributed by atoms with Crippen LogP contribution >= 0.6 is 0 Å². The summed E-state index contributed by atoms with van der Waals surface area (Å²) < 4.78 is 5.62. The van der Waals surface area contributed by atoms with Gasteiger partial charge in [-0.3, -0.25) is 0 Å². The highest BCUT2D eigenvalue weighted by atomic mass is 16.5. The zero-order valence-electron chi connectivity index (χ0n) is 14.2. The zero-order valence-corrected chi connectivity index (χ0v) is 14.2. The van der Waals surface area contributed by atoms with Gasteiger partial charge in [0.15, 0.2) is 0 Å². The van der Waals surface area contributed by atoms with E-state index in [0.717, 1.165) is 31.4 Å². The smallest absolute Gasteiger partial charge is 0.316 e. The fraction of sp³-hybridized carbons (Fsp3) is 0.556. The SMILES string of the molecule is C/C=C\N=C(N=C(C)C)OCCCC=C(C=CCC)CC. The number of nitrogens with zero attached hydrogens (tertiary/aromatic N) is 2. The molecule has 0 spiro atoms. The third kappa shape index (κ3) is 11.9. The van der Waals surface area contributed by atoms with E-state index < -0.39 is 0 Å². The van der Waals surface area contributed by atoms with E-state index in [1.807, 2.05) is 26.8 Å². The quantitative estimate of drug-likeness (QED) is 0.253. The fourth-order valence-corrected chi connectivity index (χ4v) is 1.56. The Morgan fingerprint density at radius 1 is 1.19 bits per heavy atom. The number of ether oxygens (including phenoxy) is 1. The van der Waals surface area contributed by atoms with Crippen LogP contribution in [-0.4, -0.2) is 18.3 Å². The summed E-state index contributed by atoms with van der Waals surface area (Å²) in [6.45, 7) is 10.8. The van der Waals surface area contributed by atoms with Gasteiger partial charge in [-0.15, -0.1) is 0 Å². The molecule has 0 heterocycles. The molecule has 0 atom stereocenters. The molecule has 0 aliphatic carbocycles. The molecule has 0 aromatic rings. The van der Waals surface area contributed by atoms with Gasteiger partial charge in [0.05, 0.1) is 6.61 Å². The Kier molecular flexibility index (Phi) is 12.3. The molecule has 0 fully saturated rings. The Morgan fingerprint density at radius 2 is 1.95 bits per heavy atom. The lowest BCUT2D eigenvalue weighted by atomic mass is 10.1. The zero-order chi connectivity index (χ0) is 15.9. The summed E-state index contributed by atoms with van der Waals surface area (Å²) in [6.07, 6.45) is 14.4. The van der Waals surface area contributed by atoms with Crippen LogP contribution in [0.5, 0.6) is 0 Å². The summed E-state index contributed by atoms with van der Waals surface area (Å²) in [4.78, 5) is 8.44. The third-order valence-corrected chi connectivity index (χ3v) is 2.62. The molecular weight excluding hydrogens is 260 g/mol. The van der Waals surface area contributed by atoms with Gasteiger partial charge >= 0.3 is 6.02 Å². The van der Waals surface area contributed by atoms with E-state index in [-0.39, 0.29) is 0 Å². The molecule has 21 heavy (non-hydrogen) atoms. The highest BCUT2D eigenvalue weighted by Gasteiger charge is 1.97. The molecular formula is C18H30N2O. The van der Waals surface area contributed by atoms with Gasteiger partial charge in [-0.1, -0.05) is 43.7 Å². The average Bonchev–Trinajstić information content (AvgIpc) is 2.46. The summed E-state index contributed by atoms with van der Waals surface area (Å²) in [6, 6.07) is 0.443. The van der Waals surface area contributed by atoms with E-state index in [0.29, 0.717) is 12.6 Å². The monoisotopic (exact) mass is 290 g/mol. The molecule has 0 amide bonds. The minimum atomic E-state index is 0.443. The van der Waals surface area contributed by atoms with Crippen molar-refractivity contribution in [2.75, 3.05) is 6.61 Å². The maximum absolute atomic E-state index is 5.62. The van der Waals surface area contributed by atoms with Gasteiger partial charge in [0.1, 0.15) is 0 Å². The Hall–Kier alpha value is -1.64. The van der Waals surface area contributed by atoms with Crippen LogP contribution in [0.25, 0.3) is 0 Å². The Labute approximate surface area is 130 Å². The van der Waals surface area contributed by atoms with Crippen LogP contribution in [0.4, 0.5) is 0 Å². The number of hydrogen-bond acceptors (Lipinski definition) is 2. The van der Waals surface area contributed by atoms with Crippen LogP contribution in [0.15, 0.2) is 46.1 Å². The highest BCUT2D eigenvalue weighted by molar-refractivity contribution is 5.92. The lowest BCUT2D eigenvalue weighted by Gasteiger charge is -2.04. The second kappa shape index (κ2) is 13.3. The Morgan fingerprint density at radius 3 is 2.52 bits per heavy atom. The number of amidine groups is 1. The molecule has 0 rings (SSSR count). The largest absolute Gasteiger partial charge is 0.463 e. The molecule has 0 saturated heterocycles. The molecule has 0 aliphatic rings. The first kappa shape index (κ1) is 19.4. The topological polar surface area (TPSA) is 34.0 Å². The summed E-state index contributed by atoms with van der Waals surface area (Å²) >= 11 is 0. The van der Waals surface area contributed by atoms with Crippen molar-refractivity contribution >= 4 is 11.7 Å². The van der Waals surface area contributed by atoms with Gasteiger partial charge in [0, 0.05) is 11.9 Å². The van der Waals surface area contributed by atoms with Gasteiger partial charge in [-0.25, -0.2) is 9.98 Å². The number of aliphatic imine (C=N–C) groups is 2.